The lowest BCUT2D eigenvalue weighted by atomic mass is 9.99. The third-order valence-corrected chi connectivity index (χ3v) is 2.18. The van der Waals surface area contributed by atoms with Gasteiger partial charge < -0.3 is 0 Å². The van der Waals surface area contributed by atoms with Crippen LogP contribution in [0.25, 0.3) is 0 Å². The van der Waals surface area contributed by atoms with Gasteiger partial charge in [-0.1, -0.05) is 13.8 Å². The fourth-order valence-electron chi connectivity index (χ4n) is 1.35. The minimum atomic E-state index is 0.0971. The number of carbonyl (C=O) groups is 1. The molecular weight excluding hydrogens is 164 g/mol. The molecule has 3 heteroatoms. The molecule has 0 saturated carbocycles. The van der Waals surface area contributed by atoms with E-state index in [1.165, 1.54) is 0 Å². The molecule has 0 spiro atoms. The maximum Gasteiger partial charge on any atom is 0.135 e. The van der Waals surface area contributed by atoms with E-state index < -0.39 is 0 Å². The molecule has 0 fully saturated rings. The predicted molar refractivity (Wildman–Crippen MR) is 51.4 cm³/mol. The van der Waals surface area contributed by atoms with Crippen LogP contribution in [-0.4, -0.2) is 15.6 Å². The number of Topliss-reactive ketones (excluding diaryl/α,β-unsaturated/α-hetero) is 1. The van der Waals surface area contributed by atoms with Crippen molar-refractivity contribution in [3.05, 3.63) is 18.0 Å². The number of ketones is 1. The van der Waals surface area contributed by atoms with Crippen molar-refractivity contribution in [1.82, 2.24) is 9.78 Å². The number of nitrogens with zero attached hydrogens (tertiary/aromatic N) is 2. The van der Waals surface area contributed by atoms with Gasteiger partial charge in [-0.15, -0.1) is 0 Å². The van der Waals surface area contributed by atoms with Crippen LogP contribution in [0.5, 0.6) is 0 Å². The lowest BCUT2D eigenvalue weighted by molar-refractivity contribution is -0.122. The average Bonchev–Trinajstić information content (AvgIpc) is 2.49. The monoisotopic (exact) mass is 180 g/mol. The van der Waals surface area contributed by atoms with E-state index in [9.17, 15) is 4.79 Å². The first-order valence-electron chi connectivity index (χ1n) is 4.64. The Hall–Kier alpha value is -1.12. The molecule has 0 saturated heterocycles. The SMILES string of the molecule is CCC(=O)C(C)Cc1ccn(C)n1. The molecule has 0 bridgehead atoms. The molecule has 0 aromatic carbocycles. The van der Waals surface area contributed by atoms with E-state index in [1.54, 1.807) is 4.68 Å². The fraction of sp³-hybridized carbons (Fsp3) is 0.600. The van der Waals surface area contributed by atoms with Gasteiger partial charge in [-0.25, -0.2) is 0 Å². The summed E-state index contributed by atoms with van der Waals surface area (Å²) in [6, 6.07) is 1.96. The van der Waals surface area contributed by atoms with E-state index in [0.717, 1.165) is 12.1 Å². The van der Waals surface area contributed by atoms with Crippen molar-refractivity contribution in [2.45, 2.75) is 26.7 Å². The highest BCUT2D eigenvalue weighted by Gasteiger charge is 2.12. The normalized spacial score (nSPS) is 12.8. The lowest BCUT2D eigenvalue weighted by Crippen LogP contribution is -2.12. The van der Waals surface area contributed by atoms with Crippen LogP contribution in [0.2, 0.25) is 0 Å². The van der Waals surface area contributed by atoms with E-state index in [-0.39, 0.29) is 5.92 Å². The number of carbonyl (C=O) groups excluding carboxylic acids is 1. The maximum absolute atomic E-state index is 11.3. The van der Waals surface area contributed by atoms with Crippen LogP contribution in [-0.2, 0) is 18.3 Å². The van der Waals surface area contributed by atoms with Crippen molar-refractivity contribution in [2.75, 3.05) is 0 Å². The van der Waals surface area contributed by atoms with Crippen molar-refractivity contribution in [2.24, 2.45) is 13.0 Å². The average molecular weight is 180 g/mol. The van der Waals surface area contributed by atoms with Gasteiger partial charge in [0.05, 0.1) is 5.69 Å². The minimum absolute atomic E-state index is 0.0971. The third kappa shape index (κ3) is 2.68. The summed E-state index contributed by atoms with van der Waals surface area (Å²) >= 11 is 0. The van der Waals surface area contributed by atoms with Crippen LogP contribution in [0, 0.1) is 5.92 Å². The van der Waals surface area contributed by atoms with Crippen molar-refractivity contribution in [3.63, 3.8) is 0 Å². The molecule has 72 valence electrons. The van der Waals surface area contributed by atoms with Crippen LogP contribution in [0.4, 0.5) is 0 Å². The van der Waals surface area contributed by atoms with Crippen molar-refractivity contribution in [1.29, 1.82) is 0 Å². The Morgan fingerprint density at radius 3 is 2.85 bits per heavy atom. The van der Waals surface area contributed by atoms with E-state index in [0.29, 0.717) is 12.2 Å². The number of aryl methyl sites for hydroxylation is 1. The summed E-state index contributed by atoms with van der Waals surface area (Å²) in [5.74, 6) is 0.408. The molecular formula is C10H16N2O. The van der Waals surface area contributed by atoms with Gasteiger partial charge in [-0.3, -0.25) is 9.48 Å². The van der Waals surface area contributed by atoms with Crippen LogP contribution >= 0.6 is 0 Å². The summed E-state index contributed by atoms with van der Waals surface area (Å²) in [4.78, 5) is 11.3. The van der Waals surface area contributed by atoms with Crippen LogP contribution in [0.1, 0.15) is 26.0 Å². The molecule has 1 rings (SSSR count). The summed E-state index contributed by atoms with van der Waals surface area (Å²) in [6.45, 7) is 3.86. The topological polar surface area (TPSA) is 34.9 Å². The standard InChI is InChI=1S/C10H16N2O/c1-4-10(13)8(2)7-9-5-6-12(3)11-9/h5-6,8H,4,7H2,1-3H3. The van der Waals surface area contributed by atoms with Crippen LogP contribution in [0.3, 0.4) is 0 Å². The van der Waals surface area contributed by atoms with Gasteiger partial charge in [-0.05, 0) is 6.07 Å². The second kappa shape index (κ2) is 4.21. The van der Waals surface area contributed by atoms with Gasteiger partial charge >= 0.3 is 0 Å². The molecule has 13 heavy (non-hydrogen) atoms. The van der Waals surface area contributed by atoms with E-state index in [1.807, 2.05) is 33.2 Å². The Bertz CT molecular complexity index is 291. The Labute approximate surface area is 78.8 Å². The highest BCUT2D eigenvalue weighted by atomic mass is 16.1. The maximum atomic E-state index is 11.3. The Morgan fingerprint density at radius 2 is 2.38 bits per heavy atom. The molecule has 0 radical (unpaired) electrons. The lowest BCUT2D eigenvalue weighted by Gasteiger charge is -2.05. The second-order valence-electron chi connectivity index (χ2n) is 3.41. The van der Waals surface area contributed by atoms with Crippen LogP contribution in [0.15, 0.2) is 12.3 Å². The molecule has 1 aromatic rings. The Kier molecular flexibility index (Phi) is 3.23. The summed E-state index contributed by atoms with van der Waals surface area (Å²) in [5.41, 5.74) is 0.997. The quantitative estimate of drug-likeness (QED) is 0.705. The van der Waals surface area contributed by atoms with Crippen molar-refractivity contribution >= 4 is 5.78 Å². The first-order valence-corrected chi connectivity index (χ1v) is 4.64. The third-order valence-electron chi connectivity index (χ3n) is 2.18. The van der Waals surface area contributed by atoms with E-state index in [2.05, 4.69) is 5.10 Å². The van der Waals surface area contributed by atoms with Gasteiger partial charge in [0, 0.05) is 32.0 Å². The second-order valence-corrected chi connectivity index (χ2v) is 3.41. The molecule has 1 unspecified atom stereocenters. The molecule has 0 aliphatic rings. The molecule has 0 amide bonds. The highest BCUT2D eigenvalue weighted by molar-refractivity contribution is 5.80. The smallest absolute Gasteiger partial charge is 0.135 e. The summed E-state index contributed by atoms with van der Waals surface area (Å²) in [5, 5.41) is 4.23. The number of hydrogen-bond acceptors (Lipinski definition) is 2. The van der Waals surface area contributed by atoms with Gasteiger partial charge in [0.25, 0.3) is 0 Å². The van der Waals surface area contributed by atoms with Gasteiger partial charge in [0.2, 0.25) is 0 Å². The summed E-state index contributed by atoms with van der Waals surface area (Å²) in [7, 11) is 1.88. The highest BCUT2D eigenvalue weighted by Crippen LogP contribution is 2.08. The first-order chi connectivity index (χ1) is 6.13. The molecule has 0 aliphatic carbocycles. The summed E-state index contributed by atoms with van der Waals surface area (Å²) in [6.07, 6.45) is 3.28. The number of aromatic nitrogens is 2. The zero-order valence-corrected chi connectivity index (χ0v) is 8.45. The predicted octanol–water partition coefficient (Wildman–Crippen LogP) is 1.58. The zero-order chi connectivity index (χ0) is 9.84. The molecule has 3 nitrogen and oxygen atoms in total. The van der Waals surface area contributed by atoms with Gasteiger partial charge in [0.15, 0.2) is 0 Å². The Morgan fingerprint density at radius 1 is 1.69 bits per heavy atom. The van der Waals surface area contributed by atoms with Gasteiger partial charge in [-0.2, -0.15) is 5.10 Å². The number of rotatable bonds is 4. The Balaban J connectivity index is 2.54. The van der Waals surface area contributed by atoms with Crippen molar-refractivity contribution < 1.29 is 4.79 Å². The largest absolute Gasteiger partial charge is 0.299 e. The van der Waals surface area contributed by atoms with Crippen molar-refractivity contribution in [3.8, 4) is 0 Å². The van der Waals surface area contributed by atoms with Gasteiger partial charge in [0.1, 0.15) is 5.78 Å². The number of hydrogen-bond donors (Lipinski definition) is 0. The van der Waals surface area contributed by atoms with Crippen LogP contribution < -0.4 is 0 Å². The fourth-order valence-corrected chi connectivity index (χ4v) is 1.35. The molecule has 1 aromatic heterocycles. The first kappa shape index (κ1) is 9.96. The van der Waals surface area contributed by atoms with E-state index >= 15 is 0 Å². The molecule has 1 atom stereocenters. The molecule has 1 heterocycles. The molecule has 0 N–H and O–H groups in total. The molecule has 0 aliphatic heterocycles. The minimum Gasteiger partial charge on any atom is -0.299 e. The van der Waals surface area contributed by atoms with E-state index in [4.69, 9.17) is 0 Å². The summed E-state index contributed by atoms with van der Waals surface area (Å²) < 4.78 is 1.76. The zero-order valence-electron chi connectivity index (χ0n) is 8.45.